The second kappa shape index (κ2) is 9.07. The molecule has 0 aliphatic rings. The molecule has 0 bridgehead atoms. The highest BCUT2D eigenvalue weighted by Gasteiger charge is 2.17. The molecular weight excluding hydrogens is 462 g/mol. The molecule has 0 unspecified atom stereocenters. The van der Waals surface area contributed by atoms with Gasteiger partial charge in [-0.05, 0) is 78.6 Å². The van der Waals surface area contributed by atoms with Crippen LogP contribution in [0.5, 0.6) is 11.6 Å². The molecule has 5 aromatic rings. The molecule has 3 heterocycles. The summed E-state index contributed by atoms with van der Waals surface area (Å²) in [4.78, 5) is 12.4. The number of ether oxygens (including phenoxy) is 1. The van der Waals surface area contributed by atoms with Crippen LogP contribution in [0.3, 0.4) is 0 Å². The summed E-state index contributed by atoms with van der Waals surface area (Å²) in [5.41, 5.74) is 5.25. The highest BCUT2D eigenvalue weighted by atomic mass is 19.1. The molecule has 2 aromatic carbocycles. The van der Waals surface area contributed by atoms with E-state index < -0.39 is 11.9 Å². The first-order chi connectivity index (χ1) is 17.3. The van der Waals surface area contributed by atoms with E-state index in [0.29, 0.717) is 45.3 Å². The summed E-state index contributed by atoms with van der Waals surface area (Å²) in [5, 5.41) is 12.2. The summed E-state index contributed by atoms with van der Waals surface area (Å²) >= 11 is 0. The van der Waals surface area contributed by atoms with Crippen molar-refractivity contribution >= 4 is 22.7 Å². The van der Waals surface area contributed by atoms with Crippen LogP contribution in [-0.2, 0) is 7.05 Å². The van der Waals surface area contributed by atoms with Crippen LogP contribution in [0.4, 0.5) is 20.4 Å². The number of halogens is 2. The maximum absolute atomic E-state index is 13.7. The van der Waals surface area contributed by atoms with E-state index in [1.54, 1.807) is 36.4 Å². The van der Waals surface area contributed by atoms with Gasteiger partial charge >= 0.3 is 0 Å². The lowest BCUT2D eigenvalue weighted by atomic mass is 10.0. The third-order valence-corrected chi connectivity index (χ3v) is 5.71. The van der Waals surface area contributed by atoms with E-state index in [0.717, 1.165) is 16.8 Å². The lowest BCUT2D eigenvalue weighted by molar-refractivity contribution is 0.459. The standard InChI is InChI=1S/C27H20F2N6O/c1-15-10-18(19-12-22(28)33-23(29)13-19)11-16(2)25(15)36-26-24-21(8-9-35(24)3)32-27(34-26)31-20-6-4-17(14-30)5-7-20/h4-13H,1-3H3,(H,31,32,34). The van der Waals surface area contributed by atoms with Gasteiger partial charge in [0.25, 0.3) is 0 Å². The Balaban J connectivity index is 1.53. The topological polar surface area (TPSA) is 88.7 Å². The fraction of sp³-hybridized carbons (Fsp3) is 0.111. The molecule has 5 rings (SSSR count). The largest absolute Gasteiger partial charge is 0.436 e. The number of anilines is 2. The smallest absolute Gasteiger partial charge is 0.249 e. The van der Waals surface area contributed by atoms with Gasteiger partial charge in [0.05, 0.1) is 17.1 Å². The number of fused-ring (bicyclic) bond motifs is 1. The van der Waals surface area contributed by atoms with Crippen LogP contribution in [0.1, 0.15) is 16.7 Å². The van der Waals surface area contributed by atoms with Gasteiger partial charge in [0, 0.05) is 31.1 Å². The molecule has 0 atom stereocenters. The molecule has 0 aliphatic heterocycles. The number of benzene rings is 2. The maximum atomic E-state index is 13.7. The van der Waals surface area contributed by atoms with E-state index in [9.17, 15) is 8.78 Å². The zero-order valence-corrected chi connectivity index (χ0v) is 19.7. The van der Waals surface area contributed by atoms with Gasteiger partial charge in [-0.2, -0.15) is 24.0 Å². The minimum Gasteiger partial charge on any atom is -0.436 e. The van der Waals surface area contributed by atoms with Gasteiger partial charge in [-0.25, -0.2) is 4.98 Å². The minimum atomic E-state index is -0.880. The number of nitrogens with zero attached hydrogens (tertiary/aromatic N) is 5. The normalized spacial score (nSPS) is 10.9. The summed E-state index contributed by atoms with van der Waals surface area (Å²) < 4.78 is 35.5. The average molecular weight is 482 g/mol. The molecule has 0 amide bonds. The Morgan fingerprint density at radius 2 is 1.53 bits per heavy atom. The molecule has 0 aliphatic carbocycles. The molecule has 0 fully saturated rings. The van der Waals surface area contributed by atoms with Crippen molar-refractivity contribution in [3.05, 3.63) is 89.4 Å². The summed E-state index contributed by atoms with van der Waals surface area (Å²) in [5.74, 6) is -0.490. The molecule has 178 valence electrons. The number of aryl methyl sites for hydroxylation is 3. The highest BCUT2D eigenvalue weighted by Crippen LogP contribution is 2.36. The first-order valence-electron chi connectivity index (χ1n) is 11.0. The van der Waals surface area contributed by atoms with E-state index in [4.69, 9.17) is 10.00 Å². The van der Waals surface area contributed by atoms with Gasteiger partial charge in [-0.15, -0.1) is 0 Å². The second-order valence-electron chi connectivity index (χ2n) is 8.37. The predicted molar refractivity (Wildman–Crippen MR) is 132 cm³/mol. The Morgan fingerprint density at radius 3 is 2.17 bits per heavy atom. The Bertz CT molecular complexity index is 1610. The number of nitriles is 1. The predicted octanol–water partition coefficient (Wildman–Crippen LogP) is 6.33. The molecule has 7 nitrogen and oxygen atoms in total. The van der Waals surface area contributed by atoms with E-state index in [1.807, 2.05) is 37.7 Å². The average Bonchev–Trinajstić information content (AvgIpc) is 3.21. The van der Waals surface area contributed by atoms with Crippen LogP contribution in [0.2, 0.25) is 0 Å². The molecule has 0 saturated heterocycles. The number of hydrogen-bond donors (Lipinski definition) is 1. The zero-order valence-electron chi connectivity index (χ0n) is 19.7. The van der Waals surface area contributed by atoms with E-state index in [2.05, 4.69) is 26.3 Å². The van der Waals surface area contributed by atoms with Crippen LogP contribution in [-0.4, -0.2) is 19.5 Å². The zero-order chi connectivity index (χ0) is 25.4. The van der Waals surface area contributed by atoms with Crippen molar-refractivity contribution in [2.45, 2.75) is 13.8 Å². The summed E-state index contributed by atoms with van der Waals surface area (Å²) in [6.07, 6.45) is 1.87. The van der Waals surface area contributed by atoms with Crippen LogP contribution < -0.4 is 10.1 Å². The Morgan fingerprint density at radius 1 is 0.889 bits per heavy atom. The lowest BCUT2D eigenvalue weighted by Gasteiger charge is -2.15. The van der Waals surface area contributed by atoms with Crippen LogP contribution in [0.25, 0.3) is 22.2 Å². The van der Waals surface area contributed by atoms with Crippen molar-refractivity contribution in [3.8, 4) is 28.8 Å². The van der Waals surface area contributed by atoms with Crippen molar-refractivity contribution < 1.29 is 13.5 Å². The Hall–Kier alpha value is -4.84. The van der Waals surface area contributed by atoms with Gasteiger partial charge in [-0.1, -0.05) is 0 Å². The number of nitrogens with one attached hydrogen (secondary N) is 1. The third kappa shape index (κ3) is 4.44. The fourth-order valence-electron chi connectivity index (χ4n) is 4.05. The van der Waals surface area contributed by atoms with Gasteiger partial charge < -0.3 is 14.6 Å². The Labute approximate surface area is 205 Å². The fourth-order valence-corrected chi connectivity index (χ4v) is 4.05. The first-order valence-corrected chi connectivity index (χ1v) is 11.0. The van der Waals surface area contributed by atoms with Gasteiger partial charge in [-0.3, -0.25) is 0 Å². The molecule has 0 spiro atoms. The summed E-state index contributed by atoms with van der Waals surface area (Å²) in [7, 11) is 1.88. The first kappa shape index (κ1) is 22.9. The summed E-state index contributed by atoms with van der Waals surface area (Å²) in [6.45, 7) is 3.72. The van der Waals surface area contributed by atoms with Crippen molar-refractivity contribution in [2.75, 3.05) is 5.32 Å². The molecule has 36 heavy (non-hydrogen) atoms. The number of pyridine rings is 1. The quantitative estimate of drug-likeness (QED) is 0.294. The molecule has 0 radical (unpaired) electrons. The van der Waals surface area contributed by atoms with E-state index in [-0.39, 0.29) is 0 Å². The van der Waals surface area contributed by atoms with Gasteiger partial charge in [0.2, 0.25) is 23.7 Å². The highest BCUT2D eigenvalue weighted by molar-refractivity contribution is 5.83. The van der Waals surface area contributed by atoms with Crippen LogP contribution >= 0.6 is 0 Å². The van der Waals surface area contributed by atoms with Crippen LogP contribution in [0.15, 0.2) is 60.8 Å². The van der Waals surface area contributed by atoms with Gasteiger partial charge in [0.1, 0.15) is 11.3 Å². The monoisotopic (exact) mass is 482 g/mol. The molecular formula is C27H20F2N6O. The number of rotatable bonds is 5. The molecule has 0 saturated carbocycles. The maximum Gasteiger partial charge on any atom is 0.249 e. The van der Waals surface area contributed by atoms with E-state index >= 15 is 0 Å². The third-order valence-electron chi connectivity index (χ3n) is 5.71. The summed E-state index contributed by atoms with van der Waals surface area (Å²) in [6, 6.07) is 16.9. The van der Waals surface area contributed by atoms with Crippen molar-refractivity contribution in [1.82, 2.24) is 19.5 Å². The van der Waals surface area contributed by atoms with Crippen molar-refractivity contribution in [3.63, 3.8) is 0 Å². The van der Waals surface area contributed by atoms with E-state index in [1.165, 1.54) is 12.1 Å². The molecule has 1 N–H and O–H groups in total. The minimum absolute atomic E-state index is 0.336. The Kier molecular flexibility index (Phi) is 5.78. The number of hydrogen-bond acceptors (Lipinski definition) is 6. The molecule has 9 heteroatoms. The second-order valence-corrected chi connectivity index (χ2v) is 8.37. The lowest BCUT2D eigenvalue weighted by Crippen LogP contribution is -2.02. The number of aromatic nitrogens is 4. The molecule has 3 aromatic heterocycles. The van der Waals surface area contributed by atoms with Crippen molar-refractivity contribution in [1.29, 1.82) is 5.26 Å². The van der Waals surface area contributed by atoms with Crippen LogP contribution in [0, 0.1) is 37.1 Å². The SMILES string of the molecule is Cc1cc(-c2cc(F)nc(F)c2)cc(C)c1Oc1nc(Nc2ccc(C#N)cc2)nc2ccn(C)c12. The van der Waals surface area contributed by atoms with Crippen molar-refractivity contribution in [2.24, 2.45) is 7.05 Å². The van der Waals surface area contributed by atoms with Gasteiger partial charge in [0.15, 0.2) is 0 Å².